The van der Waals surface area contributed by atoms with Gasteiger partial charge >= 0.3 is 0 Å². The number of nitrogens with one attached hydrogen (secondary N) is 1. The number of aromatic nitrogens is 5. The van der Waals surface area contributed by atoms with Gasteiger partial charge in [-0.1, -0.05) is 11.8 Å². The number of aryl methyl sites for hydroxylation is 1. The van der Waals surface area contributed by atoms with Gasteiger partial charge in [-0.05, 0) is 38.1 Å². The molecule has 0 unspecified atom stereocenters. The van der Waals surface area contributed by atoms with Gasteiger partial charge in [0.2, 0.25) is 5.16 Å². The van der Waals surface area contributed by atoms with Gasteiger partial charge in [-0.25, -0.2) is 9.67 Å². The lowest BCUT2D eigenvalue weighted by molar-refractivity contribution is 0.396. The molecule has 0 aliphatic rings. The van der Waals surface area contributed by atoms with Gasteiger partial charge in [0.05, 0.1) is 11.6 Å². The summed E-state index contributed by atoms with van der Waals surface area (Å²) in [6.07, 6.45) is 1.92. The summed E-state index contributed by atoms with van der Waals surface area (Å²) in [5.74, 6) is 0.860. The molecule has 0 saturated carbocycles. The number of thiazole rings is 1. The first-order chi connectivity index (χ1) is 9.44. The molecule has 1 N–H and O–H groups in total. The van der Waals surface area contributed by atoms with Crippen LogP contribution in [0.5, 0.6) is 0 Å². The molecule has 110 valence electrons. The van der Waals surface area contributed by atoms with Crippen molar-refractivity contribution in [3.63, 3.8) is 0 Å². The van der Waals surface area contributed by atoms with E-state index in [-0.39, 0.29) is 5.54 Å². The van der Waals surface area contributed by atoms with Gasteiger partial charge in [0.1, 0.15) is 0 Å². The van der Waals surface area contributed by atoms with Gasteiger partial charge in [0.15, 0.2) is 0 Å². The average molecular weight is 312 g/mol. The van der Waals surface area contributed by atoms with Crippen LogP contribution in [0.15, 0.2) is 11.4 Å². The van der Waals surface area contributed by atoms with E-state index >= 15 is 0 Å². The highest BCUT2D eigenvalue weighted by atomic mass is 32.2. The molecule has 0 bridgehead atoms. The second-order valence-electron chi connectivity index (χ2n) is 5.50. The zero-order chi connectivity index (χ0) is 14.6. The van der Waals surface area contributed by atoms with Crippen LogP contribution in [0.25, 0.3) is 0 Å². The van der Waals surface area contributed by atoms with Crippen molar-refractivity contribution in [1.29, 1.82) is 0 Å². The summed E-state index contributed by atoms with van der Waals surface area (Å²) < 4.78 is 1.84. The van der Waals surface area contributed by atoms with E-state index in [1.54, 1.807) is 23.1 Å². The Morgan fingerprint density at radius 1 is 1.40 bits per heavy atom. The first-order valence-electron chi connectivity index (χ1n) is 6.49. The maximum atomic E-state index is 4.25. The summed E-state index contributed by atoms with van der Waals surface area (Å²) in [5.41, 5.74) is 0.113. The van der Waals surface area contributed by atoms with Crippen LogP contribution in [0.4, 0.5) is 0 Å². The van der Waals surface area contributed by atoms with Crippen LogP contribution < -0.4 is 5.32 Å². The summed E-state index contributed by atoms with van der Waals surface area (Å²) in [5, 5.41) is 17.2. The van der Waals surface area contributed by atoms with Crippen molar-refractivity contribution in [3.8, 4) is 0 Å². The third-order valence-corrected chi connectivity index (χ3v) is 4.59. The fraction of sp³-hybridized carbons (Fsp3) is 0.667. The molecular formula is C12H20N6S2. The Bertz CT molecular complexity index is 542. The smallest absolute Gasteiger partial charge is 0.209 e. The Morgan fingerprint density at radius 2 is 2.20 bits per heavy atom. The van der Waals surface area contributed by atoms with Gasteiger partial charge in [-0.3, -0.25) is 0 Å². The van der Waals surface area contributed by atoms with E-state index in [2.05, 4.69) is 46.6 Å². The van der Waals surface area contributed by atoms with Crippen molar-refractivity contribution in [2.45, 2.75) is 50.7 Å². The van der Waals surface area contributed by atoms with E-state index in [0.29, 0.717) is 0 Å². The van der Waals surface area contributed by atoms with Gasteiger partial charge < -0.3 is 5.32 Å². The first-order valence-corrected chi connectivity index (χ1v) is 8.29. The number of tetrazole rings is 1. The zero-order valence-electron chi connectivity index (χ0n) is 12.3. The number of rotatable bonds is 6. The van der Waals surface area contributed by atoms with Crippen LogP contribution in [0.3, 0.4) is 0 Å². The van der Waals surface area contributed by atoms with Crippen LogP contribution >= 0.6 is 23.1 Å². The quantitative estimate of drug-likeness (QED) is 0.824. The third kappa shape index (κ3) is 4.84. The largest absolute Gasteiger partial charge is 0.310 e. The lowest BCUT2D eigenvalue weighted by atomic mass is 10.1. The Kier molecular flexibility index (Phi) is 5.11. The average Bonchev–Trinajstić information content (AvgIpc) is 2.94. The Hall–Kier alpha value is -0.990. The molecule has 6 nitrogen and oxygen atoms in total. The summed E-state index contributed by atoms with van der Waals surface area (Å²) in [6, 6.07) is 0. The zero-order valence-corrected chi connectivity index (χ0v) is 13.9. The molecule has 2 aromatic rings. The normalized spacial score (nSPS) is 12.0. The standard InChI is InChI=1S/C12H20N6S2/c1-9-13-7-10(20-9)8-19-11-15-16-17-18(11)6-5-14-12(2,3)4/h7,14H,5-6,8H2,1-4H3. The Balaban J connectivity index is 1.85. The maximum absolute atomic E-state index is 4.25. The Morgan fingerprint density at radius 3 is 2.85 bits per heavy atom. The highest BCUT2D eigenvalue weighted by Gasteiger charge is 2.11. The van der Waals surface area contributed by atoms with Crippen molar-refractivity contribution in [3.05, 3.63) is 16.1 Å². The fourth-order valence-electron chi connectivity index (χ4n) is 1.58. The first kappa shape index (κ1) is 15.4. The molecule has 0 radical (unpaired) electrons. The molecule has 2 aromatic heterocycles. The second-order valence-corrected chi connectivity index (χ2v) is 7.76. The molecule has 2 heterocycles. The number of hydrogen-bond acceptors (Lipinski definition) is 7. The summed E-state index contributed by atoms with van der Waals surface area (Å²) in [6.45, 7) is 10.1. The molecule has 8 heteroatoms. The second kappa shape index (κ2) is 6.64. The van der Waals surface area contributed by atoms with E-state index < -0.39 is 0 Å². The molecular weight excluding hydrogens is 292 g/mol. The number of hydrogen-bond donors (Lipinski definition) is 1. The minimum atomic E-state index is 0.113. The van der Waals surface area contributed by atoms with Crippen molar-refractivity contribution in [2.75, 3.05) is 6.54 Å². The molecule has 2 rings (SSSR count). The predicted molar refractivity (Wildman–Crippen MR) is 82.0 cm³/mol. The molecule has 0 fully saturated rings. The maximum Gasteiger partial charge on any atom is 0.209 e. The monoisotopic (exact) mass is 312 g/mol. The molecule has 0 atom stereocenters. The minimum Gasteiger partial charge on any atom is -0.310 e. The van der Waals surface area contributed by atoms with E-state index in [1.165, 1.54) is 4.88 Å². The van der Waals surface area contributed by atoms with Crippen LogP contribution in [0, 0.1) is 6.92 Å². The highest BCUT2D eigenvalue weighted by Crippen LogP contribution is 2.23. The van der Waals surface area contributed by atoms with E-state index in [9.17, 15) is 0 Å². The molecule has 0 saturated heterocycles. The topological polar surface area (TPSA) is 68.5 Å². The van der Waals surface area contributed by atoms with Gasteiger partial charge in [0, 0.05) is 28.9 Å². The van der Waals surface area contributed by atoms with Crippen molar-refractivity contribution < 1.29 is 0 Å². The molecule has 0 aliphatic heterocycles. The summed E-state index contributed by atoms with van der Waals surface area (Å²) >= 11 is 3.36. The SMILES string of the molecule is Cc1ncc(CSc2nnnn2CCNC(C)(C)C)s1. The van der Waals surface area contributed by atoms with Crippen molar-refractivity contribution in [2.24, 2.45) is 0 Å². The minimum absolute atomic E-state index is 0.113. The van der Waals surface area contributed by atoms with E-state index in [1.807, 2.05) is 17.8 Å². The van der Waals surface area contributed by atoms with Gasteiger partial charge in [0.25, 0.3) is 0 Å². The van der Waals surface area contributed by atoms with Crippen molar-refractivity contribution >= 4 is 23.1 Å². The van der Waals surface area contributed by atoms with E-state index in [0.717, 1.165) is 29.0 Å². The molecule has 0 amide bonds. The highest BCUT2D eigenvalue weighted by molar-refractivity contribution is 7.98. The molecule has 0 spiro atoms. The number of thioether (sulfide) groups is 1. The third-order valence-electron chi connectivity index (χ3n) is 2.49. The molecule has 20 heavy (non-hydrogen) atoms. The summed E-state index contributed by atoms with van der Waals surface area (Å²) in [4.78, 5) is 5.50. The van der Waals surface area contributed by atoms with Crippen LogP contribution in [-0.4, -0.2) is 37.3 Å². The van der Waals surface area contributed by atoms with E-state index in [4.69, 9.17) is 0 Å². The Labute approximate surface area is 127 Å². The summed E-state index contributed by atoms with van der Waals surface area (Å²) in [7, 11) is 0. The number of nitrogens with zero attached hydrogens (tertiary/aromatic N) is 5. The van der Waals surface area contributed by atoms with Crippen LogP contribution in [0.2, 0.25) is 0 Å². The predicted octanol–water partition coefficient (Wildman–Crippen LogP) is 2.12. The molecule has 0 aliphatic carbocycles. The lowest BCUT2D eigenvalue weighted by Crippen LogP contribution is -2.38. The molecule has 0 aromatic carbocycles. The van der Waals surface area contributed by atoms with Crippen LogP contribution in [0.1, 0.15) is 30.7 Å². The lowest BCUT2D eigenvalue weighted by Gasteiger charge is -2.20. The van der Waals surface area contributed by atoms with Crippen molar-refractivity contribution in [1.82, 2.24) is 30.5 Å². The van der Waals surface area contributed by atoms with Crippen LogP contribution in [-0.2, 0) is 12.3 Å². The van der Waals surface area contributed by atoms with Gasteiger partial charge in [-0.15, -0.1) is 16.4 Å². The van der Waals surface area contributed by atoms with Gasteiger partial charge in [-0.2, -0.15) is 0 Å². The fourth-order valence-corrected chi connectivity index (χ4v) is 3.30.